The highest BCUT2D eigenvalue weighted by Gasteiger charge is 2.21. The van der Waals surface area contributed by atoms with Gasteiger partial charge < -0.3 is 10.2 Å². The SMILES string of the molecule is O=C(CCn1cccn1)Nc1ccccc1C(=O)N1CCCCC1. The summed E-state index contributed by atoms with van der Waals surface area (Å²) in [6.07, 6.45) is 7.09. The average molecular weight is 326 g/mol. The molecule has 1 N–H and O–H groups in total. The van der Waals surface area contributed by atoms with Gasteiger partial charge >= 0.3 is 0 Å². The molecular formula is C18H22N4O2. The molecular weight excluding hydrogens is 304 g/mol. The molecule has 0 unspecified atom stereocenters. The van der Waals surface area contributed by atoms with Crippen LogP contribution in [0.15, 0.2) is 42.7 Å². The number of para-hydroxylation sites is 1. The molecule has 126 valence electrons. The van der Waals surface area contributed by atoms with E-state index in [0.717, 1.165) is 25.9 Å². The first-order valence-electron chi connectivity index (χ1n) is 8.39. The minimum absolute atomic E-state index is 0.00215. The molecule has 0 radical (unpaired) electrons. The second-order valence-corrected chi connectivity index (χ2v) is 5.97. The smallest absolute Gasteiger partial charge is 0.255 e. The van der Waals surface area contributed by atoms with Crippen molar-refractivity contribution in [1.82, 2.24) is 14.7 Å². The van der Waals surface area contributed by atoms with Crippen molar-refractivity contribution in [3.05, 3.63) is 48.3 Å². The van der Waals surface area contributed by atoms with Crippen molar-refractivity contribution >= 4 is 17.5 Å². The number of amides is 2. The Hall–Kier alpha value is -2.63. The Kier molecular flexibility index (Phi) is 5.25. The topological polar surface area (TPSA) is 67.2 Å². The standard InChI is InChI=1S/C18H22N4O2/c23-17(9-14-22-13-6-10-19-22)20-16-8-3-2-7-15(16)18(24)21-11-4-1-5-12-21/h2-3,6-8,10,13H,1,4-5,9,11-12,14H2,(H,20,23). The van der Waals surface area contributed by atoms with E-state index in [0.29, 0.717) is 24.2 Å². The number of nitrogens with zero attached hydrogens (tertiary/aromatic N) is 3. The number of piperidine rings is 1. The maximum Gasteiger partial charge on any atom is 0.255 e. The van der Waals surface area contributed by atoms with Gasteiger partial charge in [0.15, 0.2) is 0 Å². The van der Waals surface area contributed by atoms with Crippen LogP contribution in [-0.4, -0.2) is 39.6 Å². The van der Waals surface area contributed by atoms with Gasteiger partial charge in [0.2, 0.25) is 5.91 Å². The number of rotatable bonds is 5. The molecule has 1 fully saturated rings. The zero-order valence-electron chi connectivity index (χ0n) is 13.6. The van der Waals surface area contributed by atoms with Crippen molar-refractivity contribution in [2.24, 2.45) is 0 Å². The van der Waals surface area contributed by atoms with Crippen LogP contribution in [0.1, 0.15) is 36.0 Å². The summed E-state index contributed by atoms with van der Waals surface area (Å²) < 4.78 is 1.71. The number of nitrogens with one attached hydrogen (secondary N) is 1. The van der Waals surface area contributed by atoms with Gasteiger partial charge in [-0.25, -0.2) is 0 Å². The Labute approximate surface area is 141 Å². The zero-order valence-corrected chi connectivity index (χ0v) is 13.6. The Morgan fingerprint density at radius 1 is 1.08 bits per heavy atom. The highest BCUT2D eigenvalue weighted by Crippen LogP contribution is 2.20. The first kappa shape index (κ1) is 16.2. The van der Waals surface area contributed by atoms with Gasteiger partial charge in [-0.05, 0) is 37.5 Å². The lowest BCUT2D eigenvalue weighted by Gasteiger charge is -2.27. The molecule has 0 saturated carbocycles. The Morgan fingerprint density at radius 2 is 1.88 bits per heavy atom. The van der Waals surface area contributed by atoms with E-state index in [-0.39, 0.29) is 11.8 Å². The second kappa shape index (κ2) is 7.77. The molecule has 1 aliphatic heterocycles. The highest BCUT2D eigenvalue weighted by molar-refractivity contribution is 6.03. The van der Waals surface area contributed by atoms with E-state index in [1.807, 2.05) is 29.3 Å². The summed E-state index contributed by atoms with van der Waals surface area (Å²) in [4.78, 5) is 26.8. The number of aromatic nitrogens is 2. The normalized spacial score (nSPS) is 14.4. The van der Waals surface area contributed by atoms with Crippen LogP contribution >= 0.6 is 0 Å². The van der Waals surface area contributed by atoms with Crippen molar-refractivity contribution in [1.29, 1.82) is 0 Å². The summed E-state index contributed by atoms with van der Waals surface area (Å²) in [6, 6.07) is 9.04. The van der Waals surface area contributed by atoms with E-state index < -0.39 is 0 Å². The molecule has 2 heterocycles. The fourth-order valence-electron chi connectivity index (χ4n) is 2.91. The number of likely N-dealkylation sites (tertiary alicyclic amines) is 1. The van der Waals surface area contributed by atoms with Crippen LogP contribution in [0.3, 0.4) is 0 Å². The minimum atomic E-state index is -0.121. The number of anilines is 1. The van der Waals surface area contributed by atoms with Gasteiger partial charge in [-0.2, -0.15) is 5.10 Å². The van der Waals surface area contributed by atoms with Gasteiger partial charge in [-0.1, -0.05) is 12.1 Å². The number of aryl methyl sites for hydroxylation is 1. The van der Waals surface area contributed by atoms with E-state index in [2.05, 4.69) is 10.4 Å². The molecule has 6 nitrogen and oxygen atoms in total. The van der Waals surface area contributed by atoms with Crippen molar-refractivity contribution in [2.45, 2.75) is 32.2 Å². The lowest BCUT2D eigenvalue weighted by Crippen LogP contribution is -2.36. The molecule has 3 rings (SSSR count). The maximum atomic E-state index is 12.7. The van der Waals surface area contributed by atoms with Crippen molar-refractivity contribution in [3.63, 3.8) is 0 Å². The lowest BCUT2D eigenvalue weighted by molar-refractivity contribution is -0.116. The molecule has 1 saturated heterocycles. The molecule has 1 aromatic carbocycles. The predicted molar refractivity (Wildman–Crippen MR) is 91.7 cm³/mol. The third kappa shape index (κ3) is 4.01. The molecule has 0 atom stereocenters. The fraction of sp³-hybridized carbons (Fsp3) is 0.389. The van der Waals surface area contributed by atoms with Crippen LogP contribution in [0, 0.1) is 0 Å². The summed E-state index contributed by atoms with van der Waals surface area (Å²) >= 11 is 0. The van der Waals surface area contributed by atoms with Gasteiger partial charge in [-0.15, -0.1) is 0 Å². The molecule has 6 heteroatoms. The molecule has 24 heavy (non-hydrogen) atoms. The van der Waals surface area contributed by atoms with E-state index in [1.54, 1.807) is 23.0 Å². The quantitative estimate of drug-likeness (QED) is 0.918. The summed E-state index contributed by atoms with van der Waals surface area (Å²) in [5, 5.41) is 6.94. The van der Waals surface area contributed by atoms with Crippen LogP contribution < -0.4 is 5.32 Å². The van der Waals surface area contributed by atoms with Crippen LogP contribution in [0.5, 0.6) is 0 Å². The zero-order chi connectivity index (χ0) is 16.8. The van der Waals surface area contributed by atoms with E-state index in [4.69, 9.17) is 0 Å². The predicted octanol–water partition coefficient (Wildman–Crippen LogP) is 2.54. The molecule has 0 bridgehead atoms. The highest BCUT2D eigenvalue weighted by atomic mass is 16.2. The van der Waals surface area contributed by atoms with Crippen molar-refractivity contribution in [2.75, 3.05) is 18.4 Å². The second-order valence-electron chi connectivity index (χ2n) is 5.97. The van der Waals surface area contributed by atoms with Crippen LogP contribution in [0.4, 0.5) is 5.69 Å². The van der Waals surface area contributed by atoms with Crippen LogP contribution in [0.25, 0.3) is 0 Å². The molecule has 1 aliphatic rings. The summed E-state index contributed by atoms with van der Waals surface area (Å²) in [5.41, 5.74) is 1.14. The molecule has 2 amide bonds. The van der Waals surface area contributed by atoms with Crippen LogP contribution in [-0.2, 0) is 11.3 Å². The Bertz CT molecular complexity index is 691. The van der Waals surface area contributed by atoms with E-state index in [1.165, 1.54) is 6.42 Å². The number of carbonyl (C=O) groups is 2. The number of hydrogen-bond acceptors (Lipinski definition) is 3. The van der Waals surface area contributed by atoms with Gasteiger partial charge in [0.1, 0.15) is 0 Å². The molecule has 1 aromatic heterocycles. The average Bonchev–Trinajstić information content (AvgIpc) is 3.14. The van der Waals surface area contributed by atoms with Gasteiger partial charge in [0.05, 0.1) is 11.3 Å². The first-order chi connectivity index (χ1) is 11.7. The molecule has 2 aromatic rings. The number of carbonyl (C=O) groups excluding carboxylic acids is 2. The van der Waals surface area contributed by atoms with Crippen LogP contribution in [0.2, 0.25) is 0 Å². The Balaban J connectivity index is 1.64. The monoisotopic (exact) mass is 326 g/mol. The third-order valence-electron chi connectivity index (χ3n) is 4.20. The number of hydrogen-bond donors (Lipinski definition) is 1. The minimum Gasteiger partial charge on any atom is -0.339 e. The van der Waals surface area contributed by atoms with Crippen molar-refractivity contribution < 1.29 is 9.59 Å². The first-order valence-corrected chi connectivity index (χ1v) is 8.39. The summed E-state index contributed by atoms with van der Waals surface area (Å²) in [7, 11) is 0. The van der Waals surface area contributed by atoms with E-state index >= 15 is 0 Å². The summed E-state index contributed by atoms with van der Waals surface area (Å²) in [5.74, 6) is -0.123. The van der Waals surface area contributed by atoms with Crippen molar-refractivity contribution in [3.8, 4) is 0 Å². The lowest BCUT2D eigenvalue weighted by atomic mass is 10.1. The van der Waals surface area contributed by atoms with E-state index in [9.17, 15) is 9.59 Å². The van der Waals surface area contributed by atoms with Gasteiger partial charge in [0, 0.05) is 38.4 Å². The largest absolute Gasteiger partial charge is 0.339 e. The maximum absolute atomic E-state index is 12.7. The third-order valence-corrected chi connectivity index (χ3v) is 4.20. The molecule has 0 spiro atoms. The van der Waals surface area contributed by atoms with Gasteiger partial charge in [0.25, 0.3) is 5.91 Å². The van der Waals surface area contributed by atoms with Gasteiger partial charge in [-0.3, -0.25) is 14.3 Å². The molecule has 0 aliphatic carbocycles. The number of benzene rings is 1. The fourth-order valence-corrected chi connectivity index (χ4v) is 2.91. The summed E-state index contributed by atoms with van der Waals surface area (Å²) in [6.45, 7) is 2.10. The Morgan fingerprint density at radius 3 is 2.62 bits per heavy atom.